The third kappa shape index (κ3) is 2.76. The number of hydrogen-bond donors (Lipinski definition) is 0. The number of hydrogen-bond acceptors (Lipinski definition) is 2. The molecule has 0 bridgehead atoms. The van der Waals surface area contributed by atoms with Crippen molar-refractivity contribution >= 4 is 29.3 Å². The van der Waals surface area contributed by atoms with Gasteiger partial charge in [-0.3, -0.25) is 4.79 Å². The molecule has 0 spiro atoms. The van der Waals surface area contributed by atoms with E-state index in [1.54, 1.807) is 4.90 Å². The van der Waals surface area contributed by atoms with Gasteiger partial charge in [-0.05, 0) is 23.1 Å². The molecule has 1 amide bonds. The highest BCUT2D eigenvalue weighted by Gasteiger charge is 2.13. The molecule has 1 aromatic rings. The number of carbonyl (C=O) groups excluding carboxylic acids is 1. The van der Waals surface area contributed by atoms with Gasteiger partial charge in [0.15, 0.2) is 0 Å². The average Bonchev–Trinajstić information content (AvgIpc) is 2.25. The summed E-state index contributed by atoms with van der Waals surface area (Å²) in [6.07, 6.45) is 1.82. The molecule has 0 radical (unpaired) electrons. The van der Waals surface area contributed by atoms with Gasteiger partial charge in [-0.2, -0.15) is 0 Å². The van der Waals surface area contributed by atoms with Gasteiger partial charge in [-0.15, -0.1) is 11.8 Å². The van der Waals surface area contributed by atoms with E-state index < -0.39 is 0 Å². The van der Waals surface area contributed by atoms with Gasteiger partial charge in [0, 0.05) is 11.2 Å². The van der Waals surface area contributed by atoms with Crippen LogP contribution in [0.2, 0.25) is 5.02 Å². The molecule has 0 aliphatic carbocycles. The first-order valence-corrected chi connectivity index (χ1v) is 6.00. The van der Waals surface area contributed by atoms with E-state index in [4.69, 9.17) is 11.6 Å². The second-order valence-corrected chi connectivity index (χ2v) is 4.57. The number of carbonyl (C=O) groups is 1. The van der Waals surface area contributed by atoms with E-state index >= 15 is 0 Å². The Morgan fingerprint density at radius 3 is 2.73 bits per heavy atom. The molecule has 0 saturated carbocycles. The van der Waals surface area contributed by atoms with Gasteiger partial charge in [-0.25, -0.2) is 0 Å². The maximum absolute atomic E-state index is 11.5. The third-order valence-electron chi connectivity index (χ3n) is 2.13. The van der Waals surface area contributed by atoms with Crippen LogP contribution in [0.1, 0.15) is 5.56 Å². The third-order valence-corrected chi connectivity index (χ3v) is 3.11. The number of thioether (sulfide) groups is 1. The predicted octanol–water partition coefficient (Wildman–Crippen LogP) is 2.89. The van der Waals surface area contributed by atoms with Gasteiger partial charge in [0.2, 0.25) is 5.91 Å². The zero-order valence-electron chi connectivity index (χ0n) is 8.02. The van der Waals surface area contributed by atoms with Gasteiger partial charge in [-0.1, -0.05) is 23.7 Å². The normalized spacial score (nSPS) is 15.8. The molecule has 1 aromatic carbocycles. The fraction of sp³-hybridized carbons (Fsp3) is 0.182. The van der Waals surface area contributed by atoms with Crippen molar-refractivity contribution in [3.63, 3.8) is 0 Å². The maximum Gasteiger partial charge on any atom is 0.237 e. The van der Waals surface area contributed by atoms with Crippen LogP contribution in [0.5, 0.6) is 0 Å². The molecule has 0 fully saturated rings. The van der Waals surface area contributed by atoms with Crippen LogP contribution in [-0.2, 0) is 11.3 Å². The molecule has 0 unspecified atom stereocenters. The van der Waals surface area contributed by atoms with E-state index in [1.807, 2.05) is 35.9 Å². The van der Waals surface area contributed by atoms with Crippen molar-refractivity contribution in [3.8, 4) is 0 Å². The summed E-state index contributed by atoms with van der Waals surface area (Å²) < 4.78 is 0. The molecule has 0 saturated heterocycles. The molecule has 4 heteroatoms. The van der Waals surface area contributed by atoms with E-state index in [2.05, 4.69) is 0 Å². The second-order valence-electron chi connectivity index (χ2n) is 3.24. The molecule has 1 aliphatic heterocycles. The van der Waals surface area contributed by atoms with Gasteiger partial charge < -0.3 is 4.90 Å². The Morgan fingerprint density at radius 2 is 2.07 bits per heavy atom. The Hall–Kier alpha value is -0.930. The van der Waals surface area contributed by atoms with Crippen LogP contribution in [0, 0.1) is 0 Å². The van der Waals surface area contributed by atoms with Crippen molar-refractivity contribution in [1.82, 2.24) is 4.90 Å². The zero-order valence-corrected chi connectivity index (χ0v) is 9.59. The molecular formula is C11H10ClNOS. The zero-order chi connectivity index (χ0) is 10.7. The van der Waals surface area contributed by atoms with E-state index in [0.717, 1.165) is 10.6 Å². The van der Waals surface area contributed by atoms with Crippen LogP contribution >= 0.6 is 23.4 Å². The summed E-state index contributed by atoms with van der Waals surface area (Å²) in [7, 11) is 0. The Labute approximate surface area is 97.9 Å². The minimum atomic E-state index is 0.150. The number of benzene rings is 1. The van der Waals surface area contributed by atoms with Crippen LogP contribution in [0.15, 0.2) is 35.9 Å². The lowest BCUT2D eigenvalue weighted by Crippen LogP contribution is -2.28. The topological polar surface area (TPSA) is 20.3 Å². The largest absolute Gasteiger partial charge is 0.313 e. The fourth-order valence-electron chi connectivity index (χ4n) is 1.33. The van der Waals surface area contributed by atoms with Crippen molar-refractivity contribution < 1.29 is 4.79 Å². The van der Waals surface area contributed by atoms with E-state index in [9.17, 15) is 4.79 Å². The summed E-state index contributed by atoms with van der Waals surface area (Å²) in [6, 6.07) is 7.55. The average molecular weight is 240 g/mol. The predicted molar refractivity (Wildman–Crippen MR) is 63.6 cm³/mol. The highest BCUT2D eigenvalue weighted by atomic mass is 35.5. The Kier molecular flexibility index (Phi) is 3.34. The van der Waals surface area contributed by atoms with Gasteiger partial charge in [0.05, 0.1) is 12.3 Å². The van der Waals surface area contributed by atoms with E-state index in [0.29, 0.717) is 12.3 Å². The van der Waals surface area contributed by atoms with Crippen LogP contribution in [0.25, 0.3) is 0 Å². The van der Waals surface area contributed by atoms with Crippen LogP contribution in [0.3, 0.4) is 0 Å². The highest BCUT2D eigenvalue weighted by Crippen LogP contribution is 2.16. The Balaban J connectivity index is 2.07. The highest BCUT2D eigenvalue weighted by molar-refractivity contribution is 8.02. The first-order valence-electron chi connectivity index (χ1n) is 4.58. The lowest BCUT2D eigenvalue weighted by atomic mass is 10.2. The molecule has 2 rings (SSSR count). The second kappa shape index (κ2) is 4.73. The number of rotatable bonds is 2. The molecule has 0 aromatic heterocycles. The molecule has 1 aliphatic rings. The standard InChI is InChI=1S/C11H10ClNOS/c12-10-3-1-9(2-4-10)7-13-5-6-15-8-11(13)14/h1-6H,7-8H2. The fourth-order valence-corrected chi connectivity index (χ4v) is 2.09. The van der Waals surface area contributed by atoms with Gasteiger partial charge in [0.1, 0.15) is 0 Å². The molecule has 0 atom stereocenters. The summed E-state index contributed by atoms with van der Waals surface area (Å²) in [5.41, 5.74) is 1.09. The van der Waals surface area contributed by atoms with Crippen molar-refractivity contribution in [3.05, 3.63) is 46.5 Å². The van der Waals surface area contributed by atoms with Crippen LogP contribution in [0.4, 0.5) is 0 Å². The van der Waals surface area contributed by atoms with Gasteiger partial charge in [0.25, 0.3) is 0 Å². The summed E-state index contributed by atoms with van der Waals surface area (Å²) in [4.78, 5) is 13.2. The number of amides is 1. The van der Waals surface area contributed by atoms with Gasteiger partial charge >= 0.3 is 0 Å². The lowest BCUT2D eigenvalue weighted by molar-refractivity contribution is -0.126. The smallest absolute Gasteiger partial charge is 0.237 e. The molecule has 2 nitrogen and oxygen atoms in total. The molecule has 78 valence electrons. The molecule has 0 N–H and O–H groups in total. The summed E-state index contributed by atoms with van der Waals surface area (Å²) >= 11 is 7.31. The quantitative estimate of drug-likeness (QED) is 0.791. The first-order chi connectivity index (χ1) is 7.25. The van der Waals surface area contributed by atoms with Crippen molar-refractivity contribution in [2.45, 2.75) is 6.54 Å². The van der Waals surface area contributed by atoms with Crippen molar-refractivity contribution in [2.75, 3.05) is 5.75 Å². The van der Waals surface area contributed by atoms with Crippen molar-refractivity contribution in [1.29, 1.82) is 0 Å². The summed E-state index contributed by atoms with van der Waals surface area (Å²) in [5, 5.41) is 2.66. The van der Waals surface area contributed by atoms with Crippen molar-refractivity contribution in [2.24, 2.45) is 0 Å². The minimum absolute atomic E-state index is 0.150. The van der Waals surface area contributed by atoms with Crippen LogP contribution < -0.4 is 0 Å². The number of halogens is 1. The maximum atomic E-state index is 11.5. The molecular weight excluding hydrogens is 230 g/mol. The summed E-state index contributed by atoms with van der Waals surface area (Å²) in [6.45, 7) is 0.618. The number of nitrogens with zero attached hydrogens (tertiary/aromatic N) is 1. The first kappa shape index (κ1) is 10.6. The van der Waals surface area contributed by atoms with E-state index in [1.165, 1.54) is 11.8 Å². The van der Waals surface area contributed by atoms with E-state index in [-0.39, 0.29) is 5.91 Å². The Morgan fingerprint density at radius 1 is 1.33 bits per heavy atom. The molecule has 15 heavy (non-hydrogen) atoms. The SMILES string of the molecule is O=C1CSC=CN1Cc1ccc(Cl)cc1. The monoisotopic (exact) mass is 239 g/mol. The lowest BCUT2D eigenvalue weighted by Gasteiger charge is -2.20. The minimum Gasteiger partial charge on any atom is -0.313 e. The summed E-state index contributed by atoms with van der Waals surface area (Å²) in [5.74, 6) is 0.682. The Bertz CT molecular complexity index is 388. The van der Waals surface area contributed by atoms with Crippen LogP contribution in [-0.4, -0.2) is 16.6 Å². The molecule has 1 heterocycles.